The van der Waals surface area contributed by atoms with Crippen molar-refractivity contribution in [3.05, 3.63) is 34.1 Å². The van der Waals surface area contributed by atoms with Gasteiger partial charge in [0.2, 0.25) is 5.91 Å². The molecule has 0 saturated heterocycles. The van der Waals surface area contributed by atoms with Gasteiger partial charge in [0.1, 0.15) is 11.5 Å². The quantitative estimate of drug-likeness (QED) is 0.521. The summed E-state index contributed by atoms with van der Waals surface area (Å²) in [5.74, 6) is -1.13. The highest BCUT2D eigenvalue weighted by Crippen LogP contribution is 2.27. The average Bonchev–Trinajstić information content (AvgIpc) is 2.28. The van der Waals surface area contributed by atoms with Crippen LogP contribution in [0.25, 0.3) is 0 Å². The lowest BCUT2D eigenvalue weighted by Gasteiger charge is -2.20. The van der Waals surface area contributed by atoms with Crippen LogP contribution in [0.4, 0.5) is 15.8 Å². The molecule has 1 N–H and O–H groups in total. The molecule has 0 heterocycles. The monoisotopic (exact) mass is 274 g/mol. The SMILES string of the molecule is CC(C)(CCl)C(=O)Nc1cc(F)ccc1[N+](=O)[O-]. The van der Waals surface area contributed by atoms with E-state index in [-0.39, 0.29) is 17.3 Å². The molecule has 1 rings (SSSR count). The number of halogens is 2. The zero-order chi connectivity index (χ0) is 13.9. The molecule has 0 radical (unpaired) electrons. The third kappa shape index (κ3) is 3.16. The van der Waals surface area contributed by atoms with Gasteiger partial charge in [-0.15, -0.1) is 11.6 Å². The first-order chi connectivity index (χ1) is 8.27. The summed E-state index contributed by atoms with van der Waals surface area (Å²) in [5.41, 5.74) is -1.44. The number of alkyl halides is 1. The molecule has 98 valence electrons. The molecule has 0 fully saturated rings. The number of nitrogens with zero attached hydrogens (tertiary/aromatic N) is 1. The maximum atomic E-state index is 13.0. The van der Waals surface area contributed by atoms with E-state index in [0.717, 1.165) is 18.2 Å². The summed E-state index contributed by atoms with van der Waals surface area (Å²) in [6.45, 7) is 3.17. The number of nitrogens with one attached hydrogen (secondary N) is 1. The normalized spacial score (nSPS) is 11.1. The summed E-state index contributed by atoms with van der Waals surface area (Å²) >= 11 is 5.62. The summed E-state index contributed by atoms with van der Waals surface area (Å²) in [7, 11) is 0. The Bertz CT molecular complexity index is 491. The van der Waals surface area contributed by atoms with Crippen LogP contribution in [0.3, 0.4) is 0 Å². The smallest absolute Gasteiger partial charge is 0.292 e. The van der Waals surface area contributed by atoms with Crippen molar-refractivity contribution < 1.29 is 14.1 Å². The van der Waals surface area contributed by atoms with Gasteiger partial charge in [-0.25, -0.2) is 4.39 Å². The van der Waals surface area contributed by atoms with Crippen LogP contribution in [0.5, 0.6) is 0 Å². The van der Waals surface area contributed by atoms with E-state index in [1.54, 1.807) is 13.8 Å². The fourth-order valence-corrected chi connectivity index (χ4v) is 1.24. The molecule has 0 atom stereocenters. The summed E-state index contributed by atoms with van der Waals surface area (Å²) < 4.78 is 13.0. The molecule has 1 aromatic rings. The van der Waals surface area contributed by atoms with Crippen LogP contribution < -0.4 is 5.32 Å². The molecular formula is C11H12ClFN2O3. The van der Waals surface area contributed by atoms with E-state index in [9.17, 15) is 19.3 Å². The molecule has 18 heavy (non-hydrogen) atoms. The van der Waals surface area contributed by atoms with Gasteiger partial charge < -0.3 is 5.32 Å². The molecule has 0 bridgehead atoms. The zero-order valence-corrected chi connectivity index (χ0v) is 10.6. The van der Waals surface area contributed by atoms with Crippen molar-refractivity contribution in [1.82, 2.24) is 0 Å². The van der Waals surface area contributed by atoms with E-state index in [2.05, 4.69) is 5.32 Å². The Kier molecular flexibility index (Phi) is 4.24. The Labute approximate surface area is 108 Å². The summed E-state index contributed by atoms with van der Waals surface area (Å²) in [6.07, 6.45) is 0. The molecule has 0 aliphatic carbocycles. The molecule has 0 aromatic heterocycles. The van der Waals surface area contributed by atoms with Crippen LogP contribution in [-0.2, 0) is 4.79 Å². The van der Waals surface area contributed by atoms with E-state index in [1.165, 1.54) is 0 Å². The number of rotatable bonds is 4. The lowest BCUT2D eigenvalue weighted by atomic mass is 9.95. The average molecular weight is 275 g/mol. The third-order valence-electron chi connectivity index (χ3n) is 2.35. The van der Waals surface area contributed by atoms with Gasteiger partial charge >= 0.3 is 0 Å². The highest BCUT2D eigenvalue weighted by Gasteiger charge is 2.28. The number of carbonyl (C=O) groups excluding carboxylic acids is 1. The molecular weight excluding hydrogens is 263 g/mol. The lowest BCUT2D eigenvalue weighted by Crippen LogP contribution is -2.32. The number of benzene rings is 1. The van der Waals surface area contributed by atoms with Crippen molar-refractivity contribution in [1.29, 1.82) is 0 Å². The molecule has 1 amide bonds. The summed E-state index contributed by atoms with van der Waals surface area (Å²) in [5, 5.41) is 13.1. The van der Waals surface area contributed by atoms with Crippen LogP contribution in [-0.4, -0.2) is 16.7 Å². The largest absolute Gasteiger partial charge is 0.320 e. The first kappa shape index (κ1) is 14.4. The Balaban J connectivity index is 3.07. The van der Waals surface area contributed by atoms with Crippen LogP contribution in [0.15, 0.2) is 18.2 Å². The fourth-order valence-electron chi connectivity index (χ4n) is 1.12. The lowest BCUT2D eigenvalue weighted by molar-refractivity contribution is -0.384. The van der Waals surface area contributed by atoms with Gasteiger partial charge in [0.25, 0.3) is 5.69 Å². The van der Waals surface area contributed by atoms with Crippen molar-refractivity contribution in [3.8, 4) is 0 Å². The number of nitro groups is 1. The van der Waals surface area contributed by atoms with Crippen molar-refractivity contribution in [3.63, 3.8) is 0 Å². The van der Waals surface area contributed by atoms with Crippen molar-refractivity contribution in [2.24, 2.45) is 5.41 Å². The Hall–Kier alpha value is -1.69. The number of hydrogen-bond donors (Lipinski definition) is 1. The highest BCUT2D eigenvalue weighted by atomic mass is 35.5. The van der Waals surface area contributed by atoms with Crippen molar-refractivity contribution in [2.75, 3.05) is 11.2 Å². The van der Waals surface area contributed by atoms with Crippen LogP contribution in [0.1, 0.15) is 13.8 Å². The van der Waals surface area contributed by atoms with Gasteiger partial charge in [0.05, 0.1) is 10.3 Å². The molecule has 1 aromatic carbocycles. The minimum absolute atomic E-state index is 0.0436. The second-order valence-corrected chi connectivity index (χ2v) is 4.66. The van der Waals surface area contributed by atoms with Crippen LogP contribution >= 0.6 is 11.6 Å². The number of amides is 1. The number of carbonyl (C=O) groups is 1. The van der Waals surface area contributed by atoms with E-state index >= 15 is 0 Å². The van der Waals surface area contributed by atoms with E-state index in [1.807, 2.05) is 0 Å². The maximum absolute atomic E-state index is 13.0. The minimum atomic E-state index is -0.901. The molecule has 5 nitrogen and oxygen atoms in total. The first-order valence-electron chi connectivity index (χ1n) is 5.09. The van der Waals surface area contributed by atoms with E-state index < -0.39 is 22.1 Å². The molecule has 0 unspecified atom stereocenters. The van der Waals surface area contributed by atoms with Gasteiger partial charge in [-0.1, -0.05) is 0 Å². The Morgan fingerprint density at radius 2 is 2.17 bits per heavy atom. The van der Waals surface area contributed by atoms with Crippen LogP contribution in [0, 0.1) is 21.3 Å². The predicted molar refractivity (Wildman–Crippen MR) is 66.2 cm³/mol. The van der Waals surface area contributed by atoms with E-state index in [4.69, 9.17) is 11.6 Å². The molecule has 0 aliphatic rings. The maximum Gasteiger partial charge on any atom is 0.292 e. The number of anilines is 1. The van der Waals surface area contributed by atoms with Gasteiger partial charge in [0, 0.05) is 18.0 Å². The van der Waals surface area contributed by atoms with Crippen molar-refractivity contribution in [2.45, 2.75) is 13.8 Å². The van der Waals surface area contributed by atoms with Gasteiger partial charge in [-0.2, -0.15) is 0 Å². The molecule has 7 heteroatoms. The molecule has 0 aliphatic heterocycles. The van der Waals surface area contributed by atoms with Crippen molar-refractivity contribution >= 4 is 28.9 Å². The summed E-state index contributed by atoms with van der Waals surface area (Å²) in [4.78, 5) is 21.9. The minimum Gasteiger partial charge on any atom is -0.320 e. The Morgan fingerprint density at radius 3 is 2.67 bits per heavy atom. The topological polar surface area (TPSA) is 72.2 Å². The van der Waals surface area contributed by atoms with Crippen LogP contribution in [0.2, 0.25) is 0 Å². The second-order valence-electron chi connectivity index (χ2n) is 4.39. The Morgan fingerprint density at radius 1 is 1.56 bits per heavy atom. The highest BCUT2D eigenvalue weighted by molar-refractivity contribution is 6.20. The fraction of sp³-hybridized carbons (Fsp3) is 0.364. The number of nitro benzene ring substituents is 1. The summed E-state index contributed by atoms with van der Waals surface area (Å²) in [6, 6.07) is 2.86. The second kappa shape index (κ2) is 5.30. The zero-order valence-electron chi connectivity index (χ0n) is 9.87. The van der Waals surface area contributed by atoms with E-state index in [0.29, 0.717) is 0 Å². The molecule has 0 saturated carbocycles. The van der Waals surface area contributed by atoms with Gasteiger partial charge in [-0.3, -0.25) is 14.9 Å². The standard InChI is InChI=1S/C11H12ClFN2O3/c1-11(2,6-12)10(16)14-8-5-7(13)3-4-9(8)15(17)18/h3-5H,6H2,1-2H3,(H,14,16). The molecule has 0 spiro atoms. The van der Waals surface area contributed by atoms with Gasteiger partial charge in [0.15, 0.2) is 0 Å². The first-order valence-corrected chi connectivity index (χ1v) is 5.63. The third-order valence-corrected chi connectivity index (χ3v) is 3.02. The predicted octanol–water partition coefficient (Wildman–Crippen LogP) is 2.94. The van der Waals surface area contributed by atoms with Gasteiger partial charge in [-0.05, 0) is 19.9 Å². The number of hydrogen-bond acceptors (Lipinski definition) is 3.